The normalized spacial score (nSPS) is 11.0. The van der Waals surface area contributed by atoms with Crippen molar-refractivity contribution in [1.82, 2.24) is 5.32 Å². The van der Waals surface area contributed by atoms with Gasteiger partial charge in [0.05, 0.1) is 11.5 Å². The number of halogens is 1. The molecule has 7 nitrogen and oxygen atoms in total. The van der Waals surface area contributed by atoms with Gasteiger partial charge in [0, 0.05) is 17.3 Å². The first-order valence-electron chi connectivity index (χ1n) is 7.29. The van der Waals surface area contributed by atoms with Gasteiger partial charge < -0.3 is 15.2 Å². The maximum Gasteiger partial charge on any atom is 0.261 e. The van der Waals surface area contributed by atoms with Crippen molar-refractivity contribution in [3.8, 4) is 5.75 Å². The van der Waals surface area contributed by atoms with E-state index in [9.17, 15) is 13.2 Å². The summed E-state index contributed by atoms with van der Waals surface area (Å²) in [7, 11) is -3.74. The SMILES string of the molecule is O=C(COc1ccc(S(=O)(=O)Nc2ccc(Cl)cc2)cc1)NCCO. The molecule has 2 rings (SSSR count). The van der Waals surface area contributed by atoms with Gasteiger partial charge in [-0.2, -0.15) is 0 Å². The average Bonchev–Trinajstić information content (AvgIpc) is 2.60. The van der Waals surface area contributed by atoms with Gasteiger partial charge in [-0.1, -0.05) is 11.6 Å². The highest BCUT2D eigenvalue weighted by atomic mass is 35.5. The first-order chi connectivity index (χ1) is 11.9. The molecule has 2 aromatic rings. The number of hydrogen-bond donors (Lipinski definition) is 3. The average molecular weight is 385 g/mol. The van der Waals surface area contributed by atoms with E-state index in [-0.39, 0.29) is 30.6 Å². The molecule has 1 amide bonds. The molecule has 0 fully saturated rings. The van der Waals surface area contributed by atoms with Crippen LogP contribution in [-0.4, -0.2) is 39.2 Å². The number of carbonyl (C=O) groups excluding carboxylic acids is 1. The molecule has 0 aliphatic rings. The molecular weight excluding hydrogens is 368 g/mol. The van der Waals surface area contributed by atoms with Crippen molar-refractivity contribution in [3.63, 3.8) is 0 Å². The van der Waals surface area contributed by atoms with Gasteiger partial charge in [0.1, 0.15) is 5.75 Å². The van der Waals surface area contributed by atoms with Gasteiger partial charge in [0.25, 0.3) is 15.9 Å². The molecule has 0 heterocycles. The molecule has 0 radical (unpaired) electrons. The van der Waals surface area contributed by atoms with Gasteiger partial charge in [-0.25, -0.2) is 8.42 Å². The molecule has 0 atom stereocenters. The lowest BCUT2D eigenvalue weighted by Crippen LogP contribution is -2.31. The highest BCUT2D eigenvalue weighted by molar-refractivity contribution is 7.92. The maximum absolute atomic E-state index is 12.3. The number of carbonyl (C=O) groups is 1. The van der Waals surface area contributed by atoms with Crippen molar-refractivity contribution < 1.29 is 23.1 Å². The van der Waals surface area contributed by atoms with Crippen molar-refractivity contribution in [2.75, 3.05) is 24.5 Å². The lowest BCUT2D eigenvalue weighted by molar-refractivity contribution is -0.123. The molecular formula is C16H17ClN2O5S. The third-order valence-corrected chi connectivity index (χ3v) is 4.68. The van der Waals surface area contributed by atoms with E-state index < -0.39 is 10.0 Å². The van der Waals surface area contributed by atoms with E-state index in [1.54, 1.807) is 24.3 Å². The van der Waals surface area contributed by atoms with Gasteiger partial charge in [0.2, 0.25) is 0 Å². The quantitative estimate of drug-likeness (QED) is 0.641. The topological polar surface area (TPSA) is 105 Å². The van der Waals surface area contributed by atoms with Gasteiger partial charge >= 0.3 is 0 Å². The molecule has 0 bridgehead atoms. The van der Waals surface area contributed by atoms with Gasteiger partial charge in [-0.15, -0.1) is 0 Å². The van der Waals surface area contributed by atoms with Gasteiger partial charge in [0.15, 0.2) is 6.61 Å². The second-order valence-corrected chi connectivity index (χ2v) is 7.06. The number of amides is 1. The van der Waals surface area contributed by atoms with Crippen molar-refractivity contribution in [3.05, 3.63) is 53.6 Å². The largest absolute Gasteiger partial charge is 0.484 e. The molecule has 0 aliphatic carbocycles. The van der Waals surface area contributed by atoms with Crippen LogP contribution in [0.1, 0.15) is 0 Å². The van der Waals surface area contributed by atoms with Crippen LogP contribution >= 0.6 is 11.6 Å². The number of aliphatic hydroxyl groups excluding tert-OH is 1. The molecule has 0 saturated carbocycles. The van der Waals surface area contributed by atoms with Crippen molar-refractivity contribution >= 4 is 33.2 Å². The monoisotopic (exact) mass is 384 g/mol. The number of nitrogens with one attached hydrogen (secondary N) is 2. The second-order valence-electron chi connectivity index (χ2n) is 4.95. The molecule has 2 aromatic carbocycles. The maximum atomic E-state index is 12.3. The minimum absolute atomic E-state index is 0.0551. The number of rotatable bonds is 8. The lowest BCUT2D eigenvalue weighted by atomic mass is 10.3. The fraction of sp³-hybridized carbons (Fsp3) is 0.188. The molecule has 25 heavy (non-hydrogen) atoms. The molecule has 0 unspecified atom stereocenters. The Hall–Kier alpha value is -2.29. The van der Waals surface area contributed by atoms with E-state index in [0.717, 1.165) is 0 Å². The highest BCUT2D eigenvalue weighted by Gasteiger charge is 2.14. The summed E-state index contributed by atoms with van der Waals surface area (Å²) in [5, 5.41) is 11.5. The number of sulfonamides is 1. The van der Waals surface area contributed by atoms with Crippen molar-refractivity contribution in [2.24, 2.45) is 0 Å². The summed E-state index contributed by atoms with van der Waals surface area (Å²) in [6, 6.07) is 11.9. The first kappa shape index (κ1) is 19.0. The summed E-state index contributed by atoms with van der Waals surface area (Å²) in [5.41, 5.74) is 0.394. The Bertz CT molecular complexity index is 807. The lowest BCUT2D eigenvalue weighted by Gasteiger charge is -2.10. The summed E-state index contributed by atoms with van der Waals surface area (Å²) in [6.07, 6.45) is 0. The van der Waals surface area contributed by atoms with Crippen LogP contribution in [0.25, 0.3) is 0 Å². The molecule has 134 valence electrons. The molecule has 0 spiro atoms. The summed E-state index contributed by atoms with van der Waals surface area (Å²) in [4.78, 5) is 11.4. The molecule has 0 aliphatic heterocycles. The van der Waals surface area contributed by atoms with Crippen LogP contribution in [0.5, 0.6) is 5.75 Å². The van der Waals surface area contributed by atoms with Gasteiger partial charge in [-0.3, -0.25) is 9.52 Å². The second kappa shape index (κ2) is 8.70. The smallest absolute Gasteiger partial charge is 0.261 e. The number of anilines is 1. The Balaban J connectivity index is 1.98. The van der Waals surface area contributed by atoms with Crippen LogP contribution in [0.15, 0.2) is 53.4 Å². The van der Waals surface area contributed by atoms with Crippen LogP contribution in [0.2, 0.25) is 5.02 Å². The molecule has 9 heteroatoms. The summed E-state index contributed by atoms with van der Waals surface area (Å²) >= 11 is 5.77. The van der Waals surface area contributed by atoms with E-state index in [1.807, 2.05) is 0 Å². The Labute approximate surface area is 150 Å². The van der Waals surface area contributed by atoms with E-state index >= 15 is 0 Å². The number of hydrogen-bond acceptors (Lipinski definition) is 5. The first-order valence-corrected chi connectivity index (χ1v) is 9.15. The van der Waals surface area contributed by atoms with E-state index in [2.05, 4.69) is 10.0 Å². The molecule has 0 saturated heterocycles. The van der Waals surface area contributed by atoms with E-state index in [4.69, 9.17) is 21.4 Å². The van der Waals surface area contributed by atoms with E-state index in [1.165, 1.54) is 24.3 Å². The highest BCUT2D eigenvalue weighted by Crippen LogP contribution is 2.20. The third-order valence-electron chi connectivity index (χ3n) is 3.03. The van der Waals surface area contributed by atoms with Crippen LogP contribution in [0.3, 0.4) is 0 Å². The van der Waals surface area contributed by atoms with Gasteiger partial charge in [-0.05, 0) is 48.5 Å². The number of benzene rings is 2. The fourth-order valence-electron chi connectivity index (χ4n) is 1.84. The van der Waals surface area contributed by atoms with Crippen molar-refractivity contribution in [1.29, 1.82) is 0 Å². The number of aliphatic hydroxyl groups is 1. The standard InChI is InChI=1S/C16H17ClN2O5S/c17-12-1-3-13(4-2-12)19-25(22,23)15-7-5-14(6-8-15)24-11-16(21)18-9-10-20/h1-8,19-20H,9-11H2,(H,18,21). The van der Waals surface area contributed by atoms with E-state index in [0.29, 0.717) is 16.5 Å². The molecule has 0 aromatic heterocycles. The zero-order valence-corrected chi connectivity index (χ0v) is 14.7. The Kier molecular flexibility index (Phi) is 6.63. The Morgan fingerprint density at radius 1 is 1.08 bits per heavy atom. The third kappa shape index (κ3) is 5.93. The van der Waals surface area contributed by atoms with Crippen molar-refractivity contribution in [2.45, 2.75) is 4.90 Å². The summed E-state index contributed by atoms with van der Waals surface area (Å²) < 4.78 is 32.3. The predicted molar refractivity (Wildman–Crippen MR) is 94.3 cm³/mol. The van der Waals surface area contributed by atoms with Crippen LogP contribution in [-0.2, 0) is 14.8 Å². The minimum Gasteiger partial charge on any atom is -0.484 e. The minimum atomic E-state index is -3.74. The van der Waals surface area contributed by atoms with Crippen LogP contribution < -0.4 is 14.8 Å². The Morgan fingerprint density at radius 3 is 2.32 bits per heavy atom. The molecule has 3 N–H and O–H groups in total. The van der Waals surface area contributed by atoms with Crippen LogP contribution in [0, 0.1) is 0 Å². The fourth-order valence-corrected chi connectivity index (χ4v) is 3.03. The predicted octanol–water partition coefficient (Wildman–Crippen LogP) is 1.63. The Morgan fingerprint density at radius 2 is 1.72 bits per heavy atom. The summed E-state index contributed by atoms with van der Waals surface area (Å²) in [6.45, 7) is -0.232. The summed E-state index contributed by atoms with van der Waals surface area (Å²) in [5.74, 6) is -0.0280. The van der Waals surface area contributed by atoms with Crippen LogP contribution in [0.4, 0.5) is 5.69 Å². The zero-order chi connectivity index (χ0) is 18.3. The number of ether oxygens (including phenoxy) is 1. The zero-order valence-electron chi connectivity index (χ0n) is 13.1.